The summed E-state index contributed by atoms with van der Waals surface area (Å²) >= 11 is 0. The molecule has 2 nitrogen and oxygen atoms in total. The Morgan fingerprint density at radius 2 is 2.50 bits per heavy atom. The monoisotopic (exact) mass is 166 g/mol. The topological polar surface area (TPSA) is 32.3 Å². The zero-order valence-corrected chi connectivity index (χ0v) is 7.46. The highest BCUT2D eigenvalue weighted by Crippen LogP contribution is 2.00. The van der Waals surface area contributed by atoms with Gasteiger partial charge in [0.1, 0.15) is 0 Å². The fraction of sp³-hybridized carbons (Fsp3) is 0.500. The van der Waals surface area contributed by atoms with Gasteiger partial charge in [-0.1, -0.05) is 6.92 Å². The molecule has 12 heavy (non-hydrogen) atoms. The van der Waals surface area contributed by atoms with Gasteiger partial charge in [0, 0.05) is 6.04 Å². The van der Waals surface area contributed by atoms with Gasteiger partial charge in [-0.15, -0.1) is 0 Å². The van der Waals surface area contributed by atoms with Crippen LogP contribution >= 0.6 is 0 Å². The van der Waals surface area contributed by atoms with Gasteiger partial charge in [0.05, 0.1) is 6.61 Å². The van der Waals surface area contributed by atoms with Crippen LogP contribution in [0.4, 0.5) is 0 Å². The van der Waals surface area contributed by atoms with E-state index in [4.69, 9.17) is 5.11 Å². The summed E-state index contributed by atoms with van der Waals surface area (Å²) in [6.07, 6.45) is 0.969. The fourth-order valence-electron chi connectivity index (χ4n) is 1.13. The van der Waals surface area contributed by atoms with Crippen molar-refractivity contribution < 1.29 is 5.11 Å². The van der Waals surface area contributed by atoms with Gasteiger partial charge in [0.15, 0.2) is 0 Å². The maximum Gasteiger partial charge on any atom is 0.0584 e. The Balaban J connectivity index is 2.25. The predicted octanol–water partition coefficient (Wildman–Crippen LogP) is 1.27. The van der Waals surface area contributed by atoms with E-state index in [-0.39, 0.29) is 12.6 Å². The molecule has 0 radical (unpaired) electrons. The average Bonchev–Trinajstić information content (AvgIpc) is 2.59. The van der Waals surface area contributed by atoms with E-state index in [1.165, 1.54) is 5.56 Å². The first-order valence-corrected chi connectivity index (χ1v) is 4.41. The summed E-state index contributed by atoms with van der Waals surface area (Å²) in [6.45, 7) is 3.14. The molecule has 2 heteroatoms. The molecular weight excluding hydrogens is 150 g/mol. The molecule has 0 aliphatic rings. The van der Waals surface area contributed by atoms with E-state index in [1.54, 1.807) is 0 Å². The van der Waals surface area contributed by atoms with Gasteiger partial charge >= 0.3 is 0 Å². The molecular formula is C10H16NO-. The van der Waals surface area contributed by atoms with Crippen LogP contribution < -0.4 is 5.32 Å². The van der Waals surface area contributed by atoms with Gasteiger partial charge in [-0.3, -0.25) is 0 Å². The molecule has 0 unspecified atom stereocenters. The summed E-state index contributed by atoms with van der Waals surface area (Å²) < 4.78 is 0. The molecule has 0 heterocycles. The van der Waals surface area contributed by atoms with Crippen molar-refractivity contribution in [3.63, 3.8) is 0 Å². The maximum absolute atomic E-state index is 8.89. The molecule has 0 aliphatic carbocycles. The summed E-state index contributed by atoms with van der Waals surface area (Å²) in [5.74, 6) is 0. The van der Waals surface area contributed by atoms with Crippen molar-refractivity contribution in [3.05, 3.63) is 29.8 Å². The number of hydrogen-bond acceptors (Lipinski definition) is 2. The Morgan fingerprint density at radius 3 is 3.00 bits per heavy atom. The maximum atomic E-state index is 8.89. The standard InChI is InChI=1S/C10H16NO/c1-2-10(8-12)11-7-9-5-3-4-6-9/h3-6,10-12H,2,7-8H2,1H3/q-1/t10-/m1/s1. The molecule has 0 fully saturated rings. The van der Waals surface area contributed by atoms with Gasteiger partial charge in [0.2, 0.25) is 0 Å². The molecule has 0 aliphatic heterocycles. The summed E-state index contributed by atoms with van der Waals surface area (Å²) in [5.41, 5.74) is 1.28. The second kappa shape index (κ2) is 5.01. The van der Waals surface area contributed by atoms with Crippen molar-refractivity contribution in [1.82, 2.24) is 5.32 Å². The third kappa shape index (κ3) is 2.72. The average molecular weight is 166 g/mol. The highest BCUT2D eigenvalue weighted by atomic mass is 16.3. The Bertz CT molecular complexity index is 190. The molecule has 1 aromatic rings. The van der Waals surface area contributed by atoms with Crippen molar-refractivity contribution in [2.45, 2.75) is 25.9 Å². The SMILES string of the molecule is CC[C@H](CO)NCc1cc[cH-]c1. The van der Waals surface area contributed by atoms with E-state index >= 15 is 0 Å². The Kier molecular flexibility index (Phi) is 3.91. The predicted molar refractivity (Wildman–Crippen MR) is 50.0 cm³/mol. The smallest absolute Gasteiger partial charge is 0.0584 e. The van der Waals surface area contributed by atoms with E-state index in [9.17, 15) is 0 Å². The molecule has 1 rings (SSSR count). The molecule has 1 aromatic carbocycles. The summed E-state index contributed by atoms with van der Waals surface area (Å²) in [6, 6.07) is 8.45. The number of nitrogens with one attached hydrogen (secondary N) is 1. The molecule has 0 aromatic heterocycles. The molecule has 0 bridgehead atoms. The van der Waals surface area contributed by atoms with E-state index in [0.717, 1.165) is 13.0 Å². The number of aliphatic hydroxyl groups excluding tert-OH is 1. The van der Waals surface area contributed by atoms with Crippen molar-refractivity contribution in [3.8, 4) is 0 Å². The highest BCUT2D eigenvalue weighted by molar-refractivity contribution is 5.15. The van der Waals surface area contributed by atoms with Crippen LogP contribution in [-0.2, 0) is 6.54 Å². The van der Waals surface area contributed by atoms with Crippen LogP contribution in [-0.4, -0.2) is 17.8 Å². The molecule has 1 atom stereocenters. The zero-order chi connectivity index (χ0) is 8.81. The molecule has 0 spiro atoms. The van der Waals surface area contributed by atoms with Gasteiger partial charge in [-0.05, 0) is 13.0 Å². The number of rotatable bonds is 5. The highest BCUT2D eigenvalue weighted by Gasteiger charge is 1.99. The molecule has 0 saturated heterocycles. The third-order valence-corrected chi connectivity index (χ3v) is 2.04. The summed E-state index contributed by atoms with van der Waals surface area (Å²) in [5, 5.41) is 12.2. The van der Waals surface area contributed by atoms with Gasteiger partial charge in [-0.25, -0.2) is 6.07 Å². The summed E-state index contributed by atoms with van der Waals surface area (Å²) in [4.78, 5) is 0. The quantitative estimate of drug-likeness (QED) is 0.645. The van der Waals surface area contributed by atoms with Gasteiger partial charge in [0.25, 0.3) is 0 Å². The lowest BCUT2D eigenvalue weighted by atomic mass is 10.2. The Labute approximate surface area is 73.6 Å². The lowest BCUT2D eigenvalue weighted by Gasteiger charge is -2.15. The zero-order valence-electron chi connectivity index (χ0n) is 7.46. The molecule has 68 valence electrons. The van der Waals surface area contributed by atoms with Crippen molar-refractivity contribution >= 4 is 0 Å². The first-order chi connectivity index (χ1) is 5.86. The number of hydrogen-bond donors (Lipinski definition) is 2. The van der Waals surface area contributed by atoms with Crippen molar-refractivity contribution in [2.24, 2.45) is 0 Å². The lowest BCUT2D eigenvalue weighted by molar-refractivity contribution is 0.238. The van der Waals surface area contributed by atoms with Crippen LogP contribution in [0.15, 0.2) is 24.3 Å². The first kappa shape index (κ1) is 9.36. The normalized spacial score (nSPS) is 13.2. The lowest BCUT2D eigenvalue weighted by Crippen LogP contribution is -2.30. The minimum absolute atomic E-state index is 0.219. The van der Waals surface area contributed by atoms with E-state index < -0.39 is 0 Å². The van der Waals surface area contributed by atoms with Crippen LogP contribution in [0.2, 0.25) is 0 Å². The minimum atomic E-state index is 0.219. The number of aliphatic hydroxyl groups is 1. The van der Waals surface area contributed by atoms with Crippen LogP contribution in [0.5, 0.6) is 0 Å². The van der Waals surface area contributed by atoms with E-state index in [1.807, 2.05) is 12.1 Å². The molecule has 0 amide bonds. The van der Waals surface area contributed by atoms with Crippen molar-refractivity contribution in [2.75, 3.05) is 6.61 Å². The van der Waals surface area contributed by atoms with Crippen LogP contribution in [0.1, 0.15) is 18.9 Å². The third-order valence-electron chi connectivity index (χ3n) is 2.04. The largest absolute Gasteiger partial charge is 0.395 e. The van der Waals surface area contributed by atoms with Gasteiger partial charge in [-0.2, -0.15) is 23.8 Å². The minimum Gasteiger partial charge on any atom is -0.395 e. The summed E-state index contributed by atoms with van der Waals surface area (Å²) in [7, 11) is 0. The first-order valence-electron chi connectivity index (χ1n) is 4.41. The van der Waals surface area contributed by atoms with Crippen LogP contribution in [0.25, 0.3) is 0 Å². The molecule has 0 saturated carbocycles. The van der Waals surface area contributed by atoms with E-state index in [2.05, 4.69) is 24.4 Å². The van der Waals surface area contributed by atoms with Crippen LogP contribution in [0.3, 0.4) is 0 Å². The second-order valence-corrected chi connectivity index (χ2v) is 2.96. The van der Waals surface area contributed by atoms with Crippen molar-refractivity contribution in [1.29, 1.82) is 0 Å². The van der Waals surface area contributed by atoms with Gasteiger partial charge < -0.3 is 10.4 Å². The van der Waals surface area contributed by atoms with Crippen LogP contribution in [0, 0.1) is 0 Å². The van der Waals surface area contributed by atoms with E-state index in [0.29, 0.717) is 0 Å². The second-order valence-electron chi connectivity index (χ2n) is 2.96. The Morgan fingerprint density at radius 1 is 1.67 bits per heavy atom. The fourth-order valence-corrected chi connectivity index (χ4v) is 1.13. The molecule has 2 N–H and O–H groups in total. The Hall–Kier alpha value is -0.730.